The maximum atomic E-state index is 13.5. The third kappa shape index (κ3) is 7.47. The Kier molecular flexibility index (Phi) is 9.31. The number of aryl methyl sites for hydroxylation is 1. The molecule has 0 spiro atoms. The first-order valence-corrected chi connectivity index (χ1v) is 13.0. The van der Waals surface area contributed by atoms with Gasteiger partial charge in [-0.3, -0.25) is 13.9 Å². The van der Waals surface area contributed by atoms with Crippen molar-refractivity contribution < 1.29 is 18.0 Å². The lowest BCUT2D eigenvalue weighted by Crippen LogP contribution is -2.52. The number of sulfonamides is 1. The summed E-state index contributed by atoms with van der Waals surface area (Å²) in [4.78, 5) is 27.7. The number of rotatable bonds is 10. The van der Waals surface area contributed by atoms with Crippen LogP contribution in [0.1, 0.15) is 38.3 Å². The number of carbonyl (C=O) groups is 2. The van der Waals surface area contributed by atoms with Gasteiger partial charge in [-0.25, -0.2) is 8.42 Å². The molecule has 0 saturated heterocycles. The largest absolute Gasteiger partial charge is 0.352 e. The second-order valence-electron chi connectivity index (χ2n) is 8.20. The molecule has 180 valence electrons. The van der Waals surface area contributed by atoms with Gasteiger partial charge in [-0.05, 0) is 56.5 Å². The molecule has 2 amide bonds. The molecule has 2 aromatic rings. The number of hydrogen-bond acceptors (Lipinski definition) is 4. The Labute approximate surface area is 201 Å². The van der Waals surface area contributed by atoms with Gasteiger partial charge in [0.1, 0.15) is 12.6 Å². The van der Waals surface area contributed by atoms with Crippen LogP contribution in [0.15, 0.2) is 48.5 Å². The third-order valence-electron chi connectivity index (χ3n) is 5.47. The fourth-order valence-electron chi connectivity index (χ4n) is 3.32. The first-order chi connectivity index (χ1) is 15.4. The molecule has 9 heteroatoms. The summed E-state index contributed by atoms with van der Waals surface area (Å²) in [5, 5.41) is 3.40. The van der Waals surface area contributed by atoms with Crippen molar-refractivity contribution in [3.8, 4) is 0 Å². The molecular formula is C24H32ClN3O4S. The summed E-state index contributed by atoms with van der Waals surface area (Å²) in [5.41, 5.74) is 1.88. The molecular weight excluding hydrogens is 462 g/mol. The van der Waals surface area contributed by atoms with E-state index in [1.807, 2.05) is 13.8 Å². The highest BCUT2D eigenvalue weighted by Crippen LogP contribution is 2.23. The van der Waals surface area contributed by atoms with E-state index in [0.29, 0.717) is 10.7 Å². The zero-order valence-electron chi connectivity index (χ0n) is 19.7. The van der Waals surface area contributed by atoms with Crippen LogP contribution in [0, 0.1) is 6.92 Å². The molecule has 2 aromatic carbocycles. The van der Waals surface area contributed by atoms with E-state index in [1.54, 1.807) is 62.4 Å². The third-order valence-corrected chi connectivity index (χ3v) is 6.84. The highest BCUT2D eigenvalue weighted by Gasteiger charge is 2.30. The van der Waals surface area contributed by atoms with Gasteiger partial charge in [0.05, 0.1) is 11.9 Å². The van der Waals surface area contributed by atoms with Gasteiger partial charge in [-0.1, -0.05) is 48.9 Å². The minimum Gasteiger partial charge on any atom is -0.352 e. The number of amides is 2. The number of nitrogens with zero attached hydrogens (tertiary/aromatic N) is 2. The number of carbonyl (C=O) groups excluding carboxylic acids is 2. The second-order valence-corrected chi connectivity index (χ2v) is 10.5. The summed E-state index contributed by atoms with van der Waals surface area (Å²) >= 11 is 6.11. The smallest absolute Gasteiger partial charge is 0.244 e. The molecule has 0 radical (unpaired) electrons. The fraction of sp³-hybridized carbons (Fsp3) is 0.417. The Bertz CT molecular complexity index is 1090. The molecule has 0 fully saturated rings. The molecule has 0 aromatic heterocycles. The van der Waals surface area contributed by atoms with Gasteiger partial charge >= 0.3 is 0 Å². The van der Waals surface area contributed by atoms with E-state index in [9.17, 15) is 18.0 Å². The lowest BCUT2D eigenvalue weighted by atomic mass is 10.1. The first kappa shape index (κ1) is 26.7. The van der Waals surface area contributed by atoms with Gasteiger partial charge in [-0.2, -0.15) is 0 Å². The van der Waals surface area contributed by atoms with Crippen LogP contribution in [0.4, 0.5) is 5.69 Å². The minimum atomic E-state index is -3.75. The second kappa shape index (κ2) is 11.5. The SMILES string of the molecule is CC[C@@H](C)NC(=O)[C@@H](C)N(Cc1cccc(Cl)c1)C(=O)CN(c1ccccc1C)S(C)(=O)=O. The Hall–Kier alpha value is -2.58. The van der Waals surface area contributed by atoms with Gasteiger partial charge in [-0.15, -0.1) is 0 Å². The van der Waals surface area contributed by atoms with Crippen LogP contribution in [0.5, 0.6) is 0 Å². The number of para-hydroxylation sites is 1. The molecule has 2 rings (SSSR count). The highest BCUT2D eigenvalue weighted by atomic mass is 35.5. The molecule has 0 aliphatic heterocycles. The average molecular weight is 494 g/mol. The fourth-order valence-corrected chi connectivity index (χ4v) is 4.44. The average Bonchev–Trinajstić information content (AvgIpc) is 2.75. The van der Waals surface area contributed by atoms with Crippen molar-refractivity contribution in [3.63, 3.8) is 0 Å². The Morgan fingerprint density at radius 2 is 1.76 bits per heavy atom. The summed E-state index contributed by atoms with van der Waals surface area (Å²) in [6.45, 7) is 6.95. The van der Waals surface area contributed by atoms with Crippen molar-refractivity contribution in [2.45, 2.75) is 52.7 Å². The van der Waals surface area contributed by atoms with E-state index in [2.05, 4.69) is 5.32 Å². The zero-order valence-corrected chi connectivity index (χ0v) is 21.3. The summed E-state index contributed by atoms with van der Waals surface area (Å²) in [6, 6.07) is 13.1. The predicted octanol–water partition coefficient (Wildman–Crippen LogP) is 3.75. The van der Waals surface area contributed by atoms with Gasteiger partial charge in [0, 0.05) is 17.6 Å². The summed E-state index contributed by atoms with van der Waals surface area (Å²) < 4.78 is 26.3. The van der Waals surface area contributed by atoms with Crippen LogP contribution in [-0.4, -0.2) is 50.0 Å². The van der Waals surface area contributed by atoms with Crippen LogP contribution < -0.4 is 9.62 Å². The van der Waals surface area contributed by atoms with E-state index in [4.69, 9.17) is 11.6 Å². The van der Waals surface area contributed by atoms with Crippen molar-refractivity contribution in [3.05, 3.63) is 64.7 Å². The zero-order chi connectivity index (χ0) is 24.8. The van der Waals surface area contributed by atoms with E-state index in [0.717, 1.165) is 28.1 Å². The molecule has 0 saturated carbocycles. The number of hydrogen-bond donors (Lipinski definition) is 1. The van der Waals surface area contributed by atoms with E-state index in [1.165, 1.54) is 4.90 Å². The van der Waals surface area contributed by atoms with Crippen molar-refractivity contribution in [1.29, 1.82) is 0 Å². The molecule has 0 bridgehead atoms. The first-order valence-electron chi connectivity index (χ1n) is 10.8. The van der Waals surface area contributed by atoms with Crippen LogP contribution in [0.25, 0.3) is 0 Å². The van der Waals surface area contributed by atoms with E-state index in [-0.39, 0.29) is 18.5 Å². The maximum absolute atomic E-state index is 13.5. The number of halogens is 1. The summed E-state index contributed by atoms with van der Waals surface area (Å²) in [6.07, 6.45) is 1.81. The molecule has 1 N–H and O–H groups in total. The van der Waals surface area contributed by atoms with Crippen molar-refractivity contribution in [1.82, 2.24) is 10.2 Å². The van der Waals surface area contributed by atoms with Crippen LogP contribution >= 0.6 is 11.6 Å². The normalized spacial score (nSPS) is 13.2. The van der Waals surface area contributed by atoms with Crippen LogP contribution in [0.2, 0.25) is 5.02 Å². The van der Waals surface area contributed by atoms with Crippen molar-refractivity contribution in [2.24, 2.45) is 0 Å². The highest BCUT2D eigenvalue weighted by molar-refractivity contribution is 7.92. The number of nitrogens with one attached hydrogen (secondary N) is 1. The Morgan fingerprint density at radius 3 is 2.33 bits per heavy atom. The summed E-state index contributed by atoms with van der Waals surface area (Å²) in [5.74, 6) is -0.794. The summed E-state index contributed by atoms with van der Waals surface area (Å²) in [7, 11) is -3.75. The van der Waals surface area contributed by atoms with Gasteiger partial charge < -0.3 is 10.2 Å². The lowest BCUT2D eigenvalue weighted by molar-refractivity contribution is -0.139. The molecule has 0 unspecified atom stereocenters. The van der Waals surface area contributed by atoms with E-state index >= 15 is 0 Å². The Morgan fingerprint density at radius 1 is 1.09 bits per heavy atom. The number of benzene rings is 2. The molecule has 2 atom stereocenters. The molecule has 0 aliphatic rings. The van der Waals surface area contributed by atoms with Crippen LogP contribution in [-0.2, 0) is 26.2 Å². The van der Waals surface area contributed by atoms with Crippen LogP contribution in [0.3, 0.4) is 0 Å². The molecule has 33 heavy (non-hydrogen) atoms. The van der Waals surface area contributed by atoms with Gasteiger partial charge in [0.25, 0.3) is 0 Å². The van der Waals surface area contributed by atoms with Crippen molar-refractivity contribution >= 4 is 39.1 Å². The quantitative estimate of drug-likeness (QED) is 0.546. The van der Waals surface area contributed by atoms with E-state index < -0.39 is 28.5 Å². The van der Waals surface area contributed by atoms with Gasteiger partial charge in [0.15, 0.2) is 0 Å². The standard InChI is InChI=1S/C24H32ClN3O4S/c1-6-18(3)26-24(30)19(4)27(15-20-11-9-12-21(25)14-20)23(29)16-28(33(5,31)32)22-13-8-7-10-17(22)2/h7-14,18-19H,6,15-16H2,1-5H3,(H,26,30)/t18-,19-/m1/s1. The molecule has 0 heterocycles. The topological polar surface area (TPSA) is 86.8 Å². The Balaban J connectivity index is 2.40. The number of anilines is 1. The maximum Gasteiger partial charge on any atom is 0.244 e. The predicted molar refractivity (Wildman–Crippen MR) is 133 cm³/mol. The van der Waals surface area contributed by atoms with Gasteiger partial charge in [0.2, 0.25) is 21.8 Å². The molecule has 7 nitrogen and oxygen atoms in total. The monoisotopic (exact) mass is 493 g/mol. The van der Waals surface area contributed by atoms with Crippen molar-refractivity contribution in [2.75, 3.05) is 17.1 Å². The lowest BCUT2D eigenvalue weighted by Gasteiger charge is -2.32. The molecule has 0 aliphatic carbocycles. The minimum absolute atomic E-state index is 0.0532.